The van der Waals surface area contributed by atoms with Gasteiger partial charge in [0.05, 0.1) is 22.8 Å². The third kappa shape index (κ3) is 5.44. The highest BCUT2D eigenvalue weighted by Crippen LogP contribution is 2.44. The first-order valence-electron chi connectivity index (χ1n) is 12.8. The van der Waals surface area contributed by atoms with Gasteiger partial charge in [-0.05, 0) is 82.4 Å². The molecule has 0 radical (unpaired) electrons. The Bertz CT molecular complexity index is 1670. The summed E-state index contributed by atoms with van der Waals surface area (Å²) in [5, 5.41) is 6.93. The van der Waals surface area contributed by atoms with Crippen molar-refractivity contribution in [1.82, 2.24) is 14.6 Å². The van der Waals surface area contributed by atoms with Crippen molar-refractivity contribution in [3.8, 4) is 17.0 Å². The fourth-order valence-electron chi connectivity index (χ4n) is 5.08. The van der Waals surface area contributed by atoms with Gasteiger partial charge in [0.15, 0.2) is 17.0 Å². The standard InChI is InChI=1S/C28H27BrF3N5O3S/c1-27(2,3)14-7-10-16-18(11-14)41-26(20(16)23(33)38)35-25(39)22-21(29)24-34-17(13-5-8-15(40-4)9-6-13)12-19(28(30,31)32)37(24)36-22/h5-6,8-9,12,14H,7,10-11H2,1-4H3,(H2,33,38)(H,35,39)/t14-/m1/s1. The maximum atomic E-state index is 14.1. The number of nitrogens with zero attached hydrogens (tertiary/aromatic N) is 3. The molecule has 1 aliphatic carbocycles. The average Bonchev–Trinajstić information content (AvgIpc) is 3.43. The molecule has 4 aromatic rings. The normalized spacial score (nSPS) is 15.6. The molecule has 216 valence electrons. The number of hydrogen-bond acceptors (Lipinski definition) is 6. The van der Waals surface area contributed by atoms with Crippen LogP contribution in [0.15, 0.2) is 34.8 Å². The lowest BCUT2D eigenvalue weighted by molar-refractivity contribution is -0.142. The lowest BCUT2D eigenvalue weighted by Gasteiger charge is -2.33. The van der Waals surface area contributed by atoms with Crippen LogP contribution in [0.4, 0.5) is 18.2 Å². The van der Waals surface area contributed by atoms with E-state index < -0.39 is 23.7 Å². The van der Waals surface area contributed by atoms with Crippen LogP contribution in [0, 0.1) is 11.3 Å². The number of anilines is 1. The Balaban J connectivity index is 1.55. The van der Waals surface area contributed by atoms with E-state index in [0.29, 0.717) is 28.2 Å². The van der Waals surface area contributed by atoms with E-state index in [1.807, 2.05) is 0 Å². The van der Waals surface area contributed by atoms with Crippen LogP contribution in [0.5, 0.6) is 5.75 Å². The molecule has 8 nitrogen and oxygen atoms in total. The van der Waals surface area contributed by atoms with E-state index in [2.05, 4.69) is 52.1 Å². The lowest BCUT2D eigenvalue weighted by Crippen LogP contribution is -2.27. The Labute approximate surface area is 246 Å². The molecule has 3 heterocycles. The summed E-state index contributed by atoms with van der Waals surface area (Å²) < 4.78 is 48.1. The molecule has 13 heteroatoms. The Kier molecular flexibility index (Phi) is 7.39. The SMILES string of the molecule is COc1ccc(-c2cc(C(F)(F)F)n3nc(C(=O)Nc4sc5c(c4C(N)=O)CC[C@@H](C(C)(C)C)C5)c(Br)c3n2)cc1. The molecule has 3 aromatic heterocycles. The summed E-state index contributed by atoms with van der Waals surface area (Å²) >= 11 is 4.52. The Morgan fingerprint density at radius 1 is 1.20 bits per heavy atom. The highest BCUT2D eigenvalue weighted by Gasteiger charge is 2.37. The van der Waals surface area contributed by atoms with Crippen molar-refractivity contribution >= 4 is 49.7 Å². The Morgan fingerprint density at radius 2 is 1.88 bits per heavy atom. The molecule has 2 amide bonds. The number of amides is 2. The predicted octanol–water partition coefficient (Wildman–Crippen LogP) is 6.75. The molecule has 0 saturated carbocycles. The molecule has 0 spiro atoms. The molecule has 5 rings (SSSR count). The molecule has 0 fully saturated rings. The first kappa shape index (κ1) is 29.1. The minimum Gasteiger partial charge on any atom is -0.497 e. The van der Waals surface area contributed by atoms with Gasteiger partial charge in [-0.3, -0.25) is 9.59 Å². The second kappa shape index (κ2) is 10.4. The number of primary amides is 1. The number of benzene rings is 1. The third-order valence-corrected chi connectivity index (χ3v) is 9.29. The van der Waals surface area contributed by atoms with E-state index in [-0.39, 0.29) is 37.5 Å². The van der Waals surface area contributed by atoms with Gasteiger partial charge in [0.1, 0.15) is 10.8 Å². The van der Waals surface area contributed by atoms with Gasteiger partial charge in [0, 0.05) is 10.4 Å². The van der Waals surface area contributed by atoms with Gasteiger partial charge in [-0.15, -0.1) is 11.3 Å². The summed E-state index contributed by atoms with van der Waals surface area (Å²) in [4.78, 5) is 31.2. The van der Waals surface area contributed by atoms with Crippen molar-refractivity contribution in [2.75, 3.05) is 12.4 Å². The van der Waals surface area contributed by atoms with E-state index in [0.717, 1.165) is 29.3 Å². The van der Waals surface area contributed by atoms with Crippen LogP contribution in [0.2, 0.25) is 0 Å². The number of fused-ring (bicyclic) bond motifs is 2. The van der Waals surface area contributed by atoms with Crippen LogP contribution in [0.3, 0.4) is 0 Å². The minimum atomic E-state index is -4.79. The number of methoxy groups -OCH3 is 1. The molecular formula is C28H27BrF3N5O3S. The van der Waals surface area contributed by atoms with E-state index in [4.69, 9.17) is 10.5 Å². The van der Waals surface area contributed by atoms with Gasteiger partial charge in [0.25, 0.3) is 11.8 Å². The third-order valence-electron chi connectivity index (χ3n) is 7.39. The van der Waals surface area contributed by atoms with Crippen molar-refractivity contribution in [3.05, 3.63) is 62.2 Å². The summed E-state index contributed by atoms with van der Waals surface area (Å²) in [7, 11) is 1.48. The average molecular weight is 651 g/mol. The van der Waals surface area contributed by atoms with Crippen molar-refractivity contribution in [3.63, 3.8) is 0 Å². The van der Waals surface area contributed by atoms with E-state index in [1.54, 1.807) is 24.3 Å². The van der Waals surface area contributed by atoms with Crippen LogP contribution < -0.4 is 15.8 Å². The van der Waals surface area contributed by atoms with Crippen LogP contribution in [-0.4, -0.2) is 33.5 Å². The molecule has 3 N–H and O–H groups in total. The van der Waals surface area contributed by atoms with Crippen LogP contribution in [0.25, 0.3) is 16.9 Å². The van der Waals surface area contributed by atoms with E-state index in [9.17, 15) is 22.8 Å². The van der Waals surface area contributed by atoms with Crippen LogP contribution in [-0.2, 0) is 19.0 Å². The van der Waals surface area contributed by atoms with Crippen molar-refractivity contribution in [1.29, 1.82) is 0 Å². The molecule has 1 atom stereocenters. The summed E-state index contributed by atoms with van der Waals surface area (Å²) in [6.07, 6.45) is -2.53. The van der Waals surface area contributed by atoms with Crippen molar-refractivity contribution in [2.24, 2.45) is 17.1 Å². The van der Waals surface area contributed by atoms with E-state index >= 15 is 0 Å². The largest absolute Gasteiger partial charge is 0.497 e. The second-order valence-corrected chi connectivity index (χ2v) is 12.9. The number of nitrogens with two attached hydrogens (primary N) is 1. The quantitative estimate of drug-likeness (QED) is 0.248. The molecule has 0 saturated heterocycles. The zero-order valence-corrected chi connectivity index (χ0v) is 25.1. The number of thiophene rings is 1. The van der Waals surface area contributed by atoms with E-state index in [1.165, 1.54) is 18.4 Å². The van der Waals surface area contributed by atoms with Gasteiger partial charge >= 0.3 is 6.18 Å². The fraction of sp³-hybridized carbons (Fsp3) is 0.357. The number of carbonyl (C=O) groups excluding carboxylic acids is 2. The minimum absolute atomic E-state index is 0.0226. The van der Waals surface area contributed by atoms with Crippen molar-refractivity contribution < 1.29 is 27.5 Å². The van der Waals surface area contributed by atoms with Crippen molar-refractivity contribution in [2.45, 2.75) is 46.2 Å². The van der Waals surface area contributed by atoms with Gasteiger partial charge in [0.2, 0.25) is 0 Å². The first-order chi connectivity index (χ1) is 19.2. The Hall–Kier alpha value is -3.45. The van der Waals surface area contributed by atoms with Gasteiger partial charge in [-0.2, -0.15) is 18.3 Å². The van der Waals surface area contributed by atoms with Crippen LogP contribution >= 0.6 is 27.3 Å². The molecule has 0 aliphatic heterocycles. The molecule has 0 unspecified atom stereocenters. The number of rotatable bonds is 5. The fourth-order valence-corrected chi connectivity index (χ4v) is 6.93. The summed E-state index contributed by atoms with van der Waals surface area (Å²) in [6, 6.07) is 7.27. The number of halogens is 4. The molecule has 1 aromatic carbocycles. The molecule has 0 bridgehead atoms. The Morgan fingerprint density at radius 3 is 2.46 bits per heavy atom. The maximum Gasteiger partial charge on any atom is 0.433 e. The number of aromatic nitrogens is 3. The summed E-state index contributed by atoms with van der Waals surface area (Å²) in [6.45, 7) is 6.49. The molecular weight excluding hydrogens is 623 g/mol. The highest BCUT2D eigenvalue weighted by atomic mass is 79.9. The lowest BCUT2D eigenvalue weighted by atomic mass is 9.72. The summed E-state index contributed by atoms with van der Waals surface area (Å²) in [5.41, 5.74) is 5.67. The zero-order valence-electron chi connectivity index (χ0n) is 22.6. The summed E-state index contributed by atoms with van der Waals surface area (Å²) in [5.74, 6) is -0.548. The number of nitrogens with one attached hydrogen (secondary N) is 1. The van der Waals surface area contributed by atoms with Crippen LogP contribution in [0.1, 0.15) is 64.2 Å². The van der Waals surface area contributed by atoms with Gasteiger partial charge in [-0.1, -0.05) is 20.8 Å². The molecule has 1 aliphatic rings. The maximum absolute atomic E-state index is 14.1. The number of hydrogen-bond donors (Lipinski definition) is 2. The molecule has 41 heavy (non-hydrogen) atoms. The highest BCUT2D eigenvalue weighted by molar-refractivity contribution is 9.10. The number of carbonyl (C=O) groups is 2. The number of ether oxygens (including phenoxy) is 1. The topological polar surface area (TPSA) is 112 Å². The monoisotopic (exact) mass is 649 g/mol. The van der Waals surface area contributed by atoms with Gasteiger partial charge < -0.3 is 15.8 Å². The smallest absolute Gasteiger partial charge is 0.433 e. The first-order valence-corrected chi connectivity index (χ1v) is 14.4. The zero-order chi connectivity index (χ0) is 29.9. The number of alkyl halides is 3. The second-order valence-electron chi connectivity index (χ2n) is 11.0. The van der Waals surface area contributed by atoms with Gasteiger partial charge in [-0.25, -0.2) is 9.50 Å². The predicted molar refractivity (Wildman–Crippen MR) is 153 cm³/mol.